The molecule has 3 aliphatic rings. The van der Waals surface area contributed by atoms with Crippen LogP contribution in [0.5, 0.6) is 0 Å². The minimum Gasteiger partial charge on any atom is -0.423 e. The van der Waals surface area contributed by atoms with E-state index in [4.69, 9.17) is 9.47 Å². The van der Waals surface area contributed by atoms with Crippen LogP contribution in [0, 0.1) is 5.92 Å². The number of ketones is 1. The van der Waals surface area contributed by atoms with Crippen LogP contribution < -0.4 is 0 Å². The molecule has 4 atom stereocenters. The molecule has 0 aromatic carbocycles. The van der Waals surface area contributed by atoms with Crippen LogP contribution in [0.1, 0.15) is 26.7 Å². The van der Waals surface area contributed by atoms with Crippen LogP contribution in [0.2, 0.25) is 0 Å². The van der Waals surface area contributed by atoms with Crippen LogP contribution in [-0.2, 0) is 19.1 Å². The minimum atomic E-state index is -2.11. The fourth-order valence-electron chi connectivity index (χ4n) is 3.12. The van der Waals surface area contributed by atoms with Crippen molar-refractivity contribution in [1.29, 1.82) is 0 Å². The summed E-state index contributed by atoms with van der Waals surface area (Å²) in [4.78, 5) is 24.0. The van der Waals surface area contributed by atoms with E-state index in [1.54, 1.807) is 6.92 Å². The Balaban J connectivity index is 2.21. The van der Waals surface area contributed by atoms with Crippen molar-refractivity contribution in [1.82, 2.24) is 0 Å². The van der Waals surface area contributed by atoms with Crippen molar-refractivity contribution in [2.75, 3.05) is 6.61 Å². The van der Waals surface area contributed by atoms with Crippen molar-refractivity contribution in [3.63, 3.8) is 0 Å². The number of fused-ring (bicyclic) bond motifs is 4. The normalized spacial score (nSPS) is 41.6. The second-order valence-electron chi connectivity index (χ2n) is 6.27. The van der Waals surface area contributed by atoms with Crippen molar-refractivity contribution in [3.05, 3.63) is 23.0 Å². The van der Waals surface area contributed by atoms with Crippen molar-refractivity contribution >= 4 is 11.8 Å². The Kier molecular flexibility index (Phi) is 3.30. The first-order valence-corrected chi connectivity index (χ1v) is 7.13. The summed E-state index contributed by atoms with van der Waals surface area (Å²) in [6.07, 6.45) is 0.216. The van der Waals surface area contributed by atoms with E-state index in [2.05, 4.69) is 0 Å². The first-order valence-electron chi connectivity index (χ1n) is 7.13. The van der Waals surface area contributed by atoms with E-state index in [-0.39, 0.29) is 30.0 Å². The van der Waals surface area contributed by atoms with Crippen LogP contribution in [0.4, 0.5) is 0 Å². The van der Waals surface area contributed by atoms with Gasteiger partial charge in [-0.2, -0.15) is 0 Å². The molecule has 0 radical (unpaired) electrons. The van der Waals surface area contributed by atoms with Gasteiger partial charge in [-0.25, -0.2) is 4.79 Å². The van der Waals surface area contributed by atoms with Crippen molar-refractivity contribution in [2.45, 2.75) is 44.2 Å². The van der Waals surface area contributed by atoms with Gasteiger partial charge in [0, 0.05) is 11.5 Å². The average Bonchev–Trinajstić information content (AvgIpc) is 2.61. The fourth-order valence-corrected chi connectivity index (χ4v) is 3.12. The zero-order valence-electron chi connectivity index (χ0n) is 12.3. The summed E-state index contributed by atoms with van der Waals surface area (Å²) in [5.74, 6) is -3.41. The van der Waals surface area contributed by atoms with Crippen LogP contribution >= 0.6 is 0 Å². The lowest BCUT2D eigenvalue weighted by atomic mass is 9.85. The van der Waals surface area contributed by atoms with E-state index in [0.29, 0.717) is 5.57 Å². The number of Topliss-reactive ketones (excluding diaryl/α,β-unsaturated/α-hetero) is 1. The Morgan fingerprint density at radius 1 is 1.36 bits per heavy atom. The molecule has 0 spiro atoms. The number of carbonyl (C=O) groups excluding carboxylic acids is 2. The Hall–Kier alpha value is -1.54. The fraction of sp³-hybridized carbons (Fsp3) is 0.600. The molecule has 0 amide bonds. The summed E-state index contributed by atoms with van der Waals surface area (Å²) in [5.41, 5.74) is -1.60. The van der Waals surface area contributed by atoms with Gasteiger partial charge in [0.15, 0.2) is 0 Å². The maximum Gasteiger partial charge on any atom is 0.342 e. The predicted octanol–water partition coefficient (Wildman–Crippen LogP) is -0.447. The average molecular weight is 310 g/mol. The highest BCUT2D eigenvalue weighted by Gasteiger charge is 2.56. The molecular weight excluding hydrogens is 292 g/mol. The van der Waals surface area contributed by atoms with Gasteiger partial charge >= 0.3 is 5.97 Å². The Morgan fingerprint density at radius 3 is 2.68 bits per heavy atom. The zero-order valence-corrected chi connectivity index (χ0v) is 12.3. The van der Waals surface area contributed by atoms with Gasteiger partial charge in [-0.3, -0.25) is 4.79 Å². The molecule has 3 aliphatic heterocycles. The molecule has 2 bridgehead atoms. The van der Waals surface area contributed by atoms with Gasteiger partial charge in [0.25, 0.3) is 0 Å². The molecule has 3 heterocycles. The van der Waals surface area contributed by atoms with Gasteiger partial charge in [-0.1, -0.05) is 6.92 Å². The highest BCUT2D eigenvalue weighted by Crippen LogP contribution is 2.45. The monoisotopic (exact) mass is 310 g/mol. The SMILES string of the molecule is CC1CC2OC(O)(CC1=O)C(C)(O)C=C1OC(=O)C(CO)=C12. The summed E-state index contributed by atoms with van der Waals surface area (Å²) in [7, 11) is 0. The molecular formula is C15H18O7. The molecule has 0 aromatic heterocycles. The number of rotatable bonds is 1. The molecule has 4 unspecified atom stereocenters. The van der Waals surface area contributed by atoms with E-state index in [9.17, 15) is 24.9 Å². The topological polar surface area (TPSA) is 113 Å². The first kappa shape index (κ1) is 15.4. The third-order valence-corrected chi connectivity index (χ3v) is 4.59. The van der Waals surface area contributed by atoms with E-state index in [1.165, 1.54) is 13.0 Å². The highest BCUT2D eigenvalue weighted by molar-refractivity contribution is 5.95. The van der Waals surface area contributed by atoms with Gasteiger partial charge in [0.2, 0.25) is 5.79 Å². The molecule has 0 aliphatic carbocycles. The van der Waals surface area contributed by atoms with Crippen molar-refractivity contribution in [3.8, 4) is 0 Å². The molecule has 3 rings (SSSR count). The summed E-state index contributed by atoms with van der Waals surface area (Å²) in [6.45, 7) is 2.43. The third-order valence-electron chi connectivity index (χ3n) is 4.59. The van der Waals surface area contributed by atoms with E-state index in [0.717, 1.165) is 0 Å². The van der Waals surface area contributed by atoms with Crippen LogP contribution in [0.3, 0.4) is 0 Å². The number of aliphatic hydroxyl groups is 3. The second-order valence-corrected chi connectivity index (χ2v) is 6.27. The molecule has 1 fully saturated rings. The predicted molar refractivity (Wildman–Crippen MR) is 72.1 cm³/mol. The lowest BCUT2D eigenvalue weighted by Crippen LogP contribution is -2.54. The standard InChI is InChI=1S/C15H18O7/c1-7-3-10-12-8(6-16)13(18)21-11(12)5-14(2,19)15(20,22-10)4-9(7)17/h5,7,10,16,19-20H,3-4,6H2,1-2H3. The van der Waals surface area contributed by atoms with Crippen molar-refractivity contribution < 1.29 is 34.4 Å². The molecule has 0 aromatic rings. The van der Waals surface area contributed by atoms with Gasteiger partial charge < -0.3 is 24.8 Å². The molecule has 120 valence electrons. The Labute approximate surface area is 126 Å². The van der Waals surface area contributed by atoms with E-state index in [1.807, 2.05) is 0 Å². The molecule has 7 heteroatoms. The van der Waals surface area contributed by atoms with Crippen LogP contribution in [0.25, 0.3) is 0 Å². The Morgan fingerprint density at radius 2 is 2.05 bits per heavy atom. The van der Waals surface area contributed by atoms with Crippen LogP contribution in [-0.4, -0.2) is 51.2 Å². The number of ether oxygens (including phenoxy) is 2. The highest BCUT2D eigenvalue weighted by atomic mass is 16.7. The molecule has 3 N–H and O–H groups in total. The summed E-state index contributed by atoms with van der Waals surface area (Å²) < 4.78 is 10.7. The lowest BCUT2D eigenvalue weighted by molar-refractivity contribution is -0.286. The summed E-state index contributed by atoms with van der Waals surface area (Å²) in [5, 5.41) is 30.7. The third kappa shape index (κ3) is 2.04. The van der Waals surface area contributed by atoms with E-state index >= 15 is 0 Å². The number of hydrogen-bond acceptors (Lipinski definition) is 7. The maximum absolute atomic E-state index is 12.1. The van der Waals surface area contributed by atoms with Crippen LogP contribution in [0.15, 0.2) is 23.0 Å². The molecule has 1 saturated heterocycles. The molecule has 22 heavy (non-hydrogen) atoms. The quantitative estimate of drug-likeness (QED) is 0.562. The number of carbonyl (C=O) groups is 2. The number of hydrogen-bond donors (Lipinski definition) is 3. The maximum atomic E-state index is 12.1. The van der Waals surface area contributed by atoms with Gasteiger partial charge in [-0.15, -0.1) is 0 Å². The summed E-state index contributed by atoms with van der Waals surface area (Å²) in [6, 6.07) is 0. The summed E-state index contributed by atoms with van der Waals surface area (Å²) >= 11 is 0. The van der Waals surface area contributed by atoms with Gasteiger partial charge in [0.05, 0.1) is 24.7 Å². The molecule has 0 saturated carbocycles. The van der Waals surface area contributed by atoms with Crippen molar-refractivity contribution in [2.24, 2.45) is 5.92 Å². The van der Waals surface area contributed by atoms with E-state index < -0.39 is 36.0 Å². The van der Waals surface area contributed by atoms with Gasteiger partial charge in [0.1, 0.15) is 17.1 Å². The Bertz CT molecular complexity index is 615. The molecule has 7 nitrogen and oxygen atoms in total. The number of esters is 1. The lowest BCUT2D eigenvalue weighted by Gasteiger charge is -2.37. The number of aliphatic hydroxyl groups excluding tert-OH is 1. The minimum absolute atomic E-state index is 0.0258. The first-order chi connectivity index (χ1) is 10.2. The second kappa shape index (κ2) is 4.73. The smallest absolute Gasteiger partial charge is 0.342 e. The zero-order chi connectivity index (χ0) is 16.3. The largest absolute Gasteiger partial charge is 0.423 e. The van der Waals surface area contributed by atoms with Gasteiger partial charge in [-0.05, 0) is 19.4 Å².